The van der Waals surface area contributed by atoms with Crippen molar-refractivity contribution < 1.29 is 18.0 Å². The zero-order chi connectivity index (χ0) is 13.2. The predicted molar refractivity (Wildman–Crippen MR) is 65.7 cm³/mol. The molecule has 0 heterocycles. The largest absolute Gasteiger partial charge is 0.416 e. The van der Waals surface area contributed by atoms with Crippen molar-refractivity contribution in [3.8, 4) is 0 Å². The summed E-state index contributed by atoms with van der Waals surface area (Å²) in [5, 5.41) is 2.43. The highest BCUT2D eigenvalue weighted by Gasteiger charge is 2.32. The highest BCUT2D eigenvalue weighted by molar-refractivity contribution is 5.94. The summed E-state index contributed by atoms with van der Waals surface area (Å²) in [7, 11) is 0. The molecule has 3 nitrogen and oxygen atoms in total. The van der Waals surface area contributed by atoms with E-state index in [1.54, 1.807) is 0 Å². The Morgan fingerprint density at radius 1 is 1.39 bits per heavy atom. The van der Waals surface area contributed by atoms with Gasteiger partial charge in [-0.15, -0.1) is 12.4 Å². The average molecular weight is 283 g/mol. The topological polar surface area (TPSA) is 55.1 Å². The molecule has 0 aliphatic carbocycles. The fourth-order valence-electron chi connectivity index (χ4n) is 1.32. The van der Waals surface area contributed by atoms with Crippen molar-refractivity contribution in [2.24, 2.45) is 5.73 Å². The van der Waals surface area contributed by atoms with Crippen LogP contribution in [0, 0.1) is 6.92 Å². The number of nitrogens with one attached hydrogen (secondary N) is 1. The first-order valence-corrected chi connectivity index (χ1v) is 4.96. The van der Waals surface area contributed by atoms with Crippen LogP contribution in [0.25, 0.3) is 0 Å². The number of benzene rings is 1. The van der Waals surface area contributed by atoms with Crippen LogP contribution in [0.1, 0.15) is 18.1 Å². The number of carbonyl (C=O) groups excluding carboxylic acids is 1. The molecule has 18 heavy (non-hydrogen) atoms. The first-order chi connectivity index (χ1) is 7.71. The van der Waals surface area contributed by atoms with Gasteiger partial charge in [0.2, 0.25) is 5.91 Å². The van der Waals surface area contributed by atoms with Crippen molar-refractivity contribution in [1.82, 2.24) is 0 Å². The minimum Gasteiger partial charge on any atom is -0.325 e. The van der Waals surface area contributed by atoms with Gasteiger partial charge in [0.05, 0.1) is 11.6 Å². The summed E-state index contributed by atoms with van der Waals surface area (Å²) >= 11 is 0. The van der Waals surface area contributed by atoms with Crippen molar-refractivity contribution in [1.29, 1.82) is 0 Å². The molecule has 1 aromatic carbocycles. The molecule has 0 aliphatic rings. The van der Waals surface area contributed by atoms with E-state index in [0.717, 1.165) is 6.07 Å². The van der Waals surface area contributed by atoms with Crippen LogP contribution in [-0.4, -0.2) is 11.9 Å². The average Bonchev–Trinajstić information content (AvgIpc) is 2.15. The first kappa shape index (κ1) is 16.7. The van der Waals surface area contributed by atoms with E-state index in [9.17, 15) is 18.0 Å². The highest BCUT2D eigenvalue weighted by atomic mass is 35.5. The number of alkyl halides is 3. The van der Waals surface area contributed by atoms with Crippen LogP contribution >= 0.6 is 12.4 Å². The van der Waals surface area contributed by atoms with E-state index < -0.39 is 23.7 Å². The molecule has 1 aromatic rings. The maximum atomic E-state index is 12.5. The Balaban J connectivity index is 0.00000289. The molecule has 0 fully saturated rings. The quantitative estimate of drug-likeness (QED) is 0.876. The van der Waals surface area contributed by atoms with Gasteiger partial charge in [-0.2, -0.15) is 13.2 Å². The van der Waals surface area contributed by atoms with Gasteiger partial charge in [-0.05, 0) is 37.6 Å². The molecule has 102 valence electrons. The Hall–Kier alpha value is -1.27. The summed E-state index contributed by atoms with van der Waals surface area (Å²) in [5.74, 6) is -0.441. The van der Waals surface area contributed by atoms with Gasteiger partial charge in [-0.25, -0.2) is 0 Å². The molecule has 1 atom stereocenters. The fourth-order valence-corrected chi connectivity index (χ4v) is 1.32. The summed E-state index contributed by atoms with van der Waals surface area (Å²) in [6.45, 7) is 2.83. The maximum absolute atomic E-state index is 12.5. The minimum atomic E-state index is -4.38. The number of hydrogen-bond acceptors (Lipinski definition) is 2. The molecule has 3 N–H and O–H groups in total. The van der Waals surface area contributed by atoms with E-state index in [4.69, 9.17) is 5.73 Å². The van der Waals surface area contributed by atoms with Gasteiger partial charge in [-0.3, -0.25) is 4.79 Å². The van der Waals surface area contributed by atoms with Crippen LogP contribution in [-0.2, 0) is 11.0 Å². The lowest BCUT2D eigenvalue weighted by atomic mass is 10.1. The van der Waals surface area contributed by atoms with Crippen molar-refractivity contribution in [2.75, 3.05) is 5.32 Å². The summed E-state index contributed by atoms with van der Waals surface area (Å²) in [6.07, 6.45) is -4.38. The second-order valence-electron chi connectivity index (χ2n) is 3.81. The number of aryl methyl sites for hydroxylation is 1. The van der Waals surface area contributed by atoms with E-state index in [1.165, 1.54) is 26.0 Å². The van der Waals surface area contributed by atoms with Crippen LogP contribution in [0.3, 0.4) is 0 Å². The Kier molecular flexibility index (Phi) is 5.63. The smallest absolute Gasteiger partial charge is 0.325 e. The van der Waals surface area contributed by atoms with Crippen LogP contribution < -0.4 is 11.1 Å². The molecule has 0 bridgehead atoms. The van der Waals surface area contributed by atoms with E-state index in [0.29, 0.717) is 5.69 Å². The molecule has 1 unspecified atom stereocenters. The first-order valence-electron chi connectivity index (χ1n) is 4.96. The van der Waals surface area contributed by atoms with Crippen LogP contribution in [0.15, 0.2) is 18.2 Å². The Labute approximate surface area is 109 Å². The third kappa shape index (κ3) is 4.19. The van der Waals surface area contributed by atoms with Crippen LogP contribution in [0.4, 0.5) is 18.9 Å². The minimum absolute atomic E-state index is 0. The summed E-state index contributed by atoms with van der Waals surface area (Å²) in [4.78, 5) is 11.2. The molecule has 0 radical (unpaired) electrons. The van der Waals surface area contributed by atoms with Crippen molar-refractivity contribution >= 4 is 24.0 Å². The molecular formula is C11H14ClF3N2O. The van der Waals surface area contributed by atoms with E-state index in [1.807, 2.05) is 0 Å². The molecule has 0 saturated heterocycles. The molecule has 0 aliphatic heterocycles. The number of anilines is 1. The summed E-state index contributed by atoms with van der Waals surface area (Å²) in [5.41, 5.74) is 4.98. The lowest BCUT2D eigenvalue weighted by Crippen LogP contribution is -2.32. The van der Waals surface area contributed by atoms with E-state index in [-0.39, 0.29) is 18.0 Å². The second kappa shape index (κ2) is 6.06. The second-order valence-corrected chi connectivity index (χ2v) is 3.81. The lowest BCUT2D eigenvalue weighted by molar-refractivity contribution is -0.138. The fraction of sp³-hybridized carbons (Fsp3) is 0.364. The Morgan fingerprint density at radius 2 is 1.94 bits per heavy atom. The van der Waals surface area contributed by atoms with Gasteiger partial charge in [0.1, 0.15) is 0 Å². The normalized spacial score (nSPS) is 12.6. The van der Waals surface area contributed by atoms with Crippen LogP contribution in [0.2, 0.25) is 0 Å². The molecule has 7 heteroatoms. The Morgan fingerprint density at radius 3 is 2.33 bits per heavy atom. The van der Waals surface area contributed by atoms with Crippen molar-refractivity contribution in [3.63, 3.8) is 0 Å². The molecule has 1 amide bonds. The number of rotatable bonds is 2. The molecule has 0 aromatic heterocycles. The molecule has 0 spiro atoms. The lowest BCUT2D eigenvalue weighted by Gasteiger charge is -2.13. The third-order valence-corrected chi connectivity index (χ3v) is 2.21. The molecular weight excluding hydrogens is 269 g/mol. The van der Waals surface area contributed by atoms with Gasteiger partial charge in [-0.1, -0.05) is 0 Å². The number of hydrogen-bond donors (Lipinski definition) is 2. The van der Waals surface area contributed by atoms with E-state index >= 15 is 0 Å². The molecule has 1 rings (SSSR count). The Bertz CT molecular complexity index is 433. The predicted octanol–water partition coefficient (Wildman–Crippen LogP) is 2.72. The van der Waals surface area contributed by atoms with Gasteiger partial charge in [0.25, 0.3) is 0 Å². The third-order valence-electron chi connectivity index (χ3n) is 2.21. The number of nitrogens with two attached hydrogens (primary N) is 1. The summed E-state index contributed by atoms with van der Waals surface area (Å²) < 4.78 is 37.4. The van der Waals surface area contributed by atoms with Gasteiger partial charge in [0, 0.05) is 5.69 Å². The molecule has 0 saturated carbocycles. The SMILES string of the molecule is Cc1cc(NC(=O)C(C)N)ccc1C(F)(F)F.Cl. The number of carbonyl (C=O) groups is 1. The van der Waals surface area contributed by atoms with Gasteiger partial charge in [0.15, 0.2) is 0 Å². The monoisotopic (exact) mass is 282 g/mol. The summed E-state index contributed by atoms with van der Waals surface area (Å²) in [6, 6.07) is 2.70. The standard InChI is InChI=1S/C11H13F3N2O.ClH/c1-6-5-8(16-10(17)7(2)15)3-4-9(6)11(12,13)14;/h3-5,7H,15H2,1-2H3,(H,16,17);1H. The number of halogens is 4. The van der Waals surface area contributed by atoms with Crippen LogP contribution in [0.5, 0.6) is 0 Å². The number of amides is 1. The van der Waals surface area contributed by atoms with Crippen molar-refractivity contribution in [3.05, 3.63) is 29.3 Å². The highest BCUT2D eigenvalue weighted by Crippen LogP contribution is 2.32. The maximum Gasteiger partial charge on any atom is 0.416 e. The zero-order valence-corrected chi connectivity index (χ0v) is 10.7. The van der Waals surface area contributed by atoms with E-state index in [2.05, 4.69) is 5.32 Å². The van der Waals surface area contributed by atoms with Crippen molar-refractivity contribution in [2.45, 2.75) is 26.1 Å². The zero-order valence-electron chi connectivity index (χ0n) is 9.84. The van der Waals surface area contributed by atoms with Gasteiger partial charge >= 0.3 is 6.18 Å². The van der Waals surface area contributed by atoms with Gasteiger partial charge < -0.3 is 11.1 Å².